The number of amides is 1. The number of nitrogens with zero attached hydrogens (tertiary/aromatic N) is 5. The summed E-state index contributed by atoms with van der Waals surface area (Å²) < 4.78 is 2.04. The molecule has 0 fully saturated rings. The molecule has 0 bridgehead atoms. The highest BCUT2D eigenvalue weighted by Crippen LogP contribution is 2.32. The maximum absolute atomic E-state index is 13.0. The maximum atomic E-state index is 13.0. The number of carbonyl (C=O) groups is 1. The highest BCUT2D eigenvalue weighted by Gasteiger charge is 2.29. The summed E-state index contributed by atoms with van der Waals surface area (Å²) in [5.41, 5.74) is 3.24. The smallest absolute Gasteiger partial charge is 0.240 e. The van der Waals surface area contributed by atoms with E-state index in [2.05, 4.69) is 28.2 Å². The average molecular weight is 379 g/mol. The third-order valence-corrected chi connectivity index (χ3v) is 5.82. The third kappa shape index (κ3) is 3.35. The number of hydrogen-bond acceptors (Lipinski definition) is 5. The minimum absolute atomic E-state index is 0.112. The molecule has 4 rings (SSSR count). The van der Waals surface area contributed by atoms with Gasteiger partial charge in [0.2, 0.25) is 5.91 Å². The summed E-state index contributed by atoms with van der Waals surface area (Å²) >= 11 is 1.46. The number of aromatic nitrogens is 4. The van der Waals surface area contributed by atoms with Gasteiger partial charge in [-0.1, -0.05) is 30.0 Å². The molecule has 1 unspecified atom stereocenters. The summed E-state index contributed by atoms with van der Waals surface area (Å²) in [6.07, 6.45) is 4.40. The second kappa shape index (κ2) is 7.52. The molecule has 3 heterocycles. The second-order valence-corrected chi connectivity index (χ2v) is 7.72. The number of benzene rings is 1. The normalized spacial score (nSPS) is 14.2. The van der Waals surface area contributed by atoms with Crippen LogP contribution in [0.25, 0.3) is 11.4 Å². The Kier molecular flexibility index (Phi) is 4.94. The standard InChI is InChI=1S/C20H21N5OS/c1-3-24-18(16-8-11-21-12-9-16)22-23-20(24)27-14(2)19(26)25-13-10-15-6-4-5-7-17(15)25/h4-9,11-12,14H,3,10,13H2,1-2H3. The first-order chi connectivity index (χ1) is 13.2. The minimum atomic E-state index is -0.240. The molecule has 0 N–H and O–H groups in total. The maximum Gasteiger partial charge on any atom is 0.240 e. The van der Waals surface area contributed by atoms with Crippen molar-refractivity contribution in [2.45, 2.75) is 37.2 Å². The first kappa shape index (κ1) is 17.7. The molecular formula is C20H21N5OS. The van der Waals surface area contributed by atoms with Crippen molar-refractivity contribution in [1.29, 1.82) is 0 Å². The minimum Gasteiger partial charge on any atom is -0.311 e. The van der Waals surface area contributed by atoms with Gasteiger partial charge in [0, 0.05) is 36.7 Å². The summed E-state index contributed by atoms with van der Waals surface area (Å²) in [7, 11) is 0. The molecule has 1 aliphatic heterocycles. The van der Waals surface area contributed by atoms with Crippen molar-refractivity contribution < 1.29 is 4.79 Å². The Morgan fingerprint density at radius 3 is 2.74 bits per heavy atom. The van der Waals surface area contributed by atoms with E-state index in [1.165, 1.54) is 17.3 Å². The molecule has 3 aromatic rings. The van der Waals surface area contributed by atoms with Gasteiger partial charge in [0.1, 0.15) is 0 Å². The van der Waals surface area contributed by atoms with Gasteiger partial charge < -0.3 is 9.47 Å². The number of fused-ring (bicyclic) bond motifs is 1. The molecule has 1 amide bonds. The Hall–Kier alpha value is -2.67. The van der Waals surface area contributed by atoms with Crippen LogP contribution in [-0.4, -0.2) is 37.5 Å². The van der Waals surface area contributed by atoms with E-state index in [1.807, 2.05) is 46.7 Å². The van der Waals surface area contributed by atoms with E-state index >= 15 is 0 Å². The number of hydrogen-bond donors (Lipinski definition) is 0. The molecule has 6 nitrogen and oxygen atoms in total. The van der Waals surface area contributed by atoms with Crippen LogP contribution in [0.3, 0.4) is 0 Å². The number of thioether (sulfide) groups is 1. The highest BCUT2D eigenvalue weighted by molar-refractivity contribution is 8.00. The molecule has 1 atom stereocenters. The van der Waals surface area contributed by atoms with E-state index in [0.717, 1.165) is 41.7 Å². The van der Waals surface area contributed by atoms with Crippen LogP contribution in [0.1, 0.15) is 19.4 Å². The average Bonchev–Trinajstić information content (AvgIpc) is 3.32. The van der Waals surface area contributed by atoms with Crippen molar-refractivity contribution in [2.24, 2.45) is 0 Å². The molecule has 138 valence electrons. The zero-order chi connectivity index (χ0) is 18.8. The van der Waals surface area contributed by atoms with E-state index in [0.29, 0.717) is 0 Å². The first-order valence-corrected chi connectivity index (χ1v) is 9.96. The zero-order valence-corrected chi connectivity index (χ0v) is 16.2. The summed E-state index contributed by atoms with van der Waals surface area (Å²) in [6, 6.07) is 12.0. The van der Waals surface area contributed by atoms with Crippen LogP contribution in [0.15, 0.2) is 53.9 Å². The largest absolute Gasteiger partial charge is 0.311 e. The summed E-state index contributed by atoms with van der Waals surface area (Å²) in [4.78, 5) is 19.0. The van der Waals surface area contributed by atoms with Gasteiger partial charge in [0.25, 0.3) is 0 Å². The number of carbonyl (C=O) groups excluding carboxylic acids is 1. The third-order valence-electron chi connectivity index (χ3n) is 4.75. The van der Waals surface area contributed by atoms with Crippen molar-refractivity contribution >= 4 is 23.4 Å². The van der Waals surface area contributed by atoms with Gasteiger partial charge in [-0.05, 0) is 44.0 Å². The predicted molar refractivity (Wildman–Crippen MR) is 107 cm³/mol. The van der Waals surface area contributed by atoms with Crippen LogP contribution in [0, 0.1) is 0 Å². The van der Waals surface area contributed by atoms with Crippen molar-refractivity contribution in [3.8, 4) is 11.4 Å². The fourth-order valence-electron chi connectivity index (χ4n) is 3.37. The van der Waals surface area contributed by atoms with E-state index < -0.39 is 0 Å². The lowest BCUT2D eigenvalue weighted by Crippen LogP contribution is -2.35. The van der Waals surface area contributed by atoms with Crippen molar-refractivity contribution in [1.82, 2.24) is 19.7 Å². The van der Waals surface area contributed by atoms with Crippen LogP contribution in [0.5, 0.6) is 0 Å². The van der Waals surface area contributed by atoms with E-state index in [1.54, 1.807) is 12.4 Å². The van der Waals surface area contributed by atoms with Gasteiger partial charge in [-0.25, -0.2) is 0 Å². The van der Waals surface area contributed by atoms with E-state index in [4.69, 9.17) is 0 Å². The lowest BCUT2D eigenvalue weighted by Gasteiger charge is -2.21. The molecule has 27 heavy (non-hydrogen) atoms. The molecule has 2 aromatic heterocycles. The molecule has 0 radical (unpaired) electrons. The Bertz CT molecular complexity index is 956. The van der Waals surface area contributed by atoms with Crippen molar-refractivity contribution in [3.63, 3.8) is 0 Å². The SMILES string of the molecule is CCn1c(SC(C)C(=O)N2CCc3ccccc32)nnc1-c1ccncc1. The van der Waals surface area contributed by atoms with Crippen LogP contribution in [0.4, 0.5) is 5.69 Å². The highest BCUT2D eigenvalue weighted by atomic mass is 32.2. The quantitative estimate of drug-likeness (QED) is 0.636. The summed E-state index contributed by atoms with van der Waals surface area (Å²) in [5.74, 6) is 0.912. The molecule has 1 aromatic carbocycles. The number of para-hydroxylation sites is 1. The van der Waals surface area contributed by atoms with Crippen LogP contribution < -0.4 is 4.90 Å². The molecular weight excluding hydrogens is 358 g/mol. The number of anilines is 1. The number of pyridine rings is 1. The summed E-state index contributed by atoms with van der Waals surface area (Å²) in [6.45, 7) is 5.47. The Morgan fingerprint density at radius 1 is 1.19 bits per heavy atom. The molecule has 0 spiro atoms. The fraction of sp³-hybridized carbons (Fsp3) is 0.300. The molecule has 0 saturated heterocycles. The van der Waals surface area contributed by atoms with Crippen LogP contribution in [-0.2, 0) is 17.8 Å². The molecule has 1 aliphatic rings. The molecule has 7 heteroatoms. The van der Waals surface area contributed by atoms with Crippen LogP contribution in [0.2, 0.25) is 0 Å². The Morgan fingerprint density at radius 2 is 1.96 bits per heavy atom. The van der Waals surface area contributed by atoms with Crippen molar-refractivity contribution in [3.05, 3.63) is 54.4 Å². The fourth-order valence-corrected chi connectivity index (χ4v) is 4.35. The summed E-state index contributed by atoms with van der Waals surface area (Å²) in [5, 5.41) is 9.21. The zero-order valence-electron chi connectivity index (χ0n) is 15.4. The topological polar surface area (TPSA) is 63.9 Å². The van der Waals surface area contributed by atoms with Gasteiger partial charge in [0.05, 0.1) is 5.25 Å². The monoisotopic (exact) mass is 379 g/mol. The second-order valence-electron chi connectivity index (χ2n) is 6.41. The Balaban J connectivity index is 1.54. The van der Waals surface area contributed by atoms with Gasteiger partial charge in [-0.2, -0.15) is 0 Å². The molecule has 0 aliphatic carbocycles. The Labute approximate surface area is 162 Å². The van der Waals surface area contributed by atoms with Crippen LogP contribution >= 0.6 is 11.8 Å². The predicted octanol–water partition coefficient (Wildman–Crippen LogP) is 3.43. The van der Waals surface area contributed by atoms with Gasteiger partial charge in [-0.3, -0.25) is 9.78 Å². The first-order valence-electron chi connectivity index (χ1n) is 9.08. The van der Waals surface area contributed by atoms with Crippen molar-refractivity contribution in [2.75, 3.05) is 11.4 Å². The molecule has 0 saturated carbocycles. The van der Waals surface area contributed by atoms with E-state index in [9.17, 15) is 4.79 Å². The lowest BCUT2D eigenvalue weighted by molar-refractivity contribution is -0.117. The van der Waals surface area contributed by atoms with Gasteiger partial charge >= 0.3 is 0 Å². The lowest BCUT2D eigenvalue weighted by atomic mass is 10.2. The van der Waals surface area contributed by atoms with Gasteiger partial charge in [-0.15, -0.1) is 10.2 Å². The number of rotatable bonds is 5. The van der Waals surface area contributed by atoms with Gasteiger partial charge in [0.15, 0.2) is 11.0 Å². The van der Waals surface area contributed by atoms with E-state index in [-0.39, 0.29) is 11.2 Å².